The van der Waals surface area contributed by atoms with Gasteiger partial charge in [-0.15, -0.1) is 0 Å². The van der Waals surface area contributed by atoms with Gasteiger partial charge in [0.2, 0.25) is 10.0 Å². The molecule has 0 aromatic heterocycles. The Morgan fingerprint density at radius 1 is 1.47 bits per heavy atom. The Morgan fingerprint density at radius 2 is 2.18 bits per heavy atom. The van der Waals surface area contributed by atoms with Crippen LogP contribution in [0.3, 0.4) is 0 Å². The highest BCUT2D eigenvalue weighted by Gasteiger charge is 2.14. The van der Waals surface area contributed by atoms with Crippen LogP contribution in [-0.4, -0.2) is 32.1 Å². The van der Waals surface area contributed by atoms with Gasteiger partial charge >= 0.3 is 0 Å². The largest absolute Gasteiger partial charge is 0.392 e. The molecule has 1 aromatic carbocycles. The highest BCUT2D eigenvalue weighted by molar-refractivity contribution is 7.98. The molecule has 0 radical (unpaired) electrons. The van der Waals surface area contributed by atoms with Gasteiger partial charge in [-0.2, -0.15) is 11.8 Å². The lowest BCUT2D eigenvalue weighted by Crippen LogP contribution is -2.26. The minimum absolute atomic E-state index is 0.118. The molecule has 1 rings (SSSR count). The van der Waals surface area contributed by atoms with Crippen molar-refractivity contribution in [2.75, 3.05) is 18.6 Å². The third kappa shape index (κ3) is 4.15. The molecule has 2 N–H and O–H groups in total. The number of halogens is 1. The van der Waals surface area contributed by atoms with Crippen LogP contribution in [0, 0.1) is 0 Å². The van der Waals surface area contributed by atoms with E-state index in [1.165, 1.54) is 18.2 Å². The Kier molecular flexibility index (Phi) is 5.75. The summed E-state index contributed by atoms with van der Waals surface area (Å²) in [6, 6.07) is 4.27. The second kappa shape index (κ2) is 6.61. The van der Waals surface area contributed by atoms with E-state index in [0.717, 1.165) is 0 Å². The minimum Gasteiger partial charge on any atom is -0.392 e. The van der Waals surface area contributed by atoms with Crippen molar-refractivity contribution < 1.29 is 13.5 Å². The molecule has 0 aliphatic rings. The monoisotopic (exact) mass is 295 g/mol. The van der Waals surface area contributed by atoms with Crippen LogP contribution in [0.2, 0.25) is 5.02 Å². The normalized spacial score (nSPS) is 11.7. The molecule has 0 spiro atoms. The molecule has 7 heteroatoms. The van der Waals surface area contributed by atoms with Crippen LogP contribution in [0.15, 0.2) is 23.1 Å². The Bertz CT molecular complexity index is 476. The molecule has 1 aromatic rings. The highest BCUT2D eigenvalue weighted by atomic mass is 35.5. The molecular formula is C10H14ClNO3S2. The molecular weight excluding hydrogens is 282 g/mol. The first-order valence-corrected chi connectivity index (χ1v) is 8.14. The Balaban J connectivity index is 2.91. The lowest BCUT2D eigenvalue weighted by molar-refractivity contribution is 0.281. The summed E-state index contributed by atoms with van der Waals surface area (Å²) in [5.41, 5.74) is 0.402. The maximum atomic E-state index is 11.8. The van der Waals surface area contributed by atoms with Gasteiger partial charge in [0.05, 0.1) is 11.5 Å². The van der Waals surface area contributed by atoms with E-state index in [0.29, 0.717) is 22.9 Å². The van der Waals surface area contributed by atoms with Crippen LogP contribution in [-0.2, 0) is 16.6 Å². The third-order valence-electron chi connectivity index (χ3n) is 2.10. The van der Waals surface area contributed by atoms with Gasteiger partial charge < -0.3 is 5.11 Å². The van der Waals surface area contributed by atoms with Gasteiger partial charge in [0, 0.05) is 17.3 Å². The van der Waals surface area contributed by atoms with E-state index in [4.69, 9.17) is 16.7 Å². The van der Waals surface area contributed by atoms with Crippen molar-refractivity contribution >= 4 is 33.4 Å². The van der Waals surface area contributed by atoms with E-state index in [-0.39, 0.29) is 11.5 Å². The zero-order valence-electron chi connectivity index (χ0n) is 9.31. The SMILES string of the molecule is CSCCNS(=O)(=O)c1ccc(Cl)c(CO)c1. The second-order valence-electron chi connectivity index (χ2n) is 3.30. The van der Waals surface area contributed by atoms with Gasteiger partial charge in [-0.3, -0.25) is 0 Å². The fourth-order valence-electron chi connectivity index (χ4n) is 1.20. The van der Waals surface area contributed by atoms with Gasteiger partial charge in [-0.05, 0) is 30.0 Å². The summed E-state index contributed by atoms with van der Waals surface area (Å²) in [5, 5.41) is 9.38. The fourth-order valence-corrected chi connectivity index (χ4v) is 2.90. The number of hydrogen-bond acceptors (Lipinski definition) is 4. The number of hydrogen-bond donors (Lipinski definition) is 2. The van der Waals surface area contributed by atoms with Gasteiger partial charge in [0.25, 0.3) is 0 Å². The molecule has 0 atom stereocenters. The van der Waals surface area contributed by atoms with Crippen LogP contribution in [0.25, 0.3) is 0 Å². The van der Waals surface area contributed by atoms with Gasteiger partial charge in [0.1, 0.15) is 0 Å². The zero-order chi connectivity index (χ0) is 12.9. The van der Waals surface area contributed by atoms with E-state index < -0.39 is 10.0 Å². The summed E-state index contributed by atoms with van der Waals surface area (Å²) in [6.45, 7) is 0.0909. The number of aliphatic hydroxyl groups excluding tert-OH is 1. The van der Waals surface area contributed by atoms with Crippen molar-refractivity contribution in [1.82, 2.24) is 4.72 Å². The summed E-state index contributed by atoms with van der Waals surface area (Å²) >= 11 is 7.35. The van der Waals surface area contributed by atoms with Crippen molar-refractivity contribution in [3.05, 3.63) is 28.8 Å². The molecule has 4 nitrogen and oxygen atoms in total. The summed E-state index contributed by atoms with van der Waals surface area (Å²) in [7, 11) is -3.51. The van der Waals surface area contributed by atoms with Crippen molar-refractivity contribution in [1.29, 1.82) is 0 Å². The van der Waals surface area contributed by atoms with Crippen LogP contribution >= 0.6 is 23.4 Å². The second-order valence-corrected chi connectivity index (χ2v) is 6.46. The molecule has 17 heavy (non-hydrogen) atoms. The molecule has 96 valence electrons. The molecule has 0 bridgehead atoms. The number of rotatable bonds is 6. The molecule has 0 amide bonds. The number of aliphatic hydroxyl groups is 1. The van der Waals surface area contributed by atoms with Gasteiger partial charge in [-0.1, -0.05) is 11.6 Å². The Labute approximate surface area is 110 Å². The average molecular weight is 296 g/mol. The predicted octanol–water partition coefficient (Wildman–Crippen LogP) is 1.47. The smallest absolute Gasteiger partial charge is 0.240 e. The molecule has 0 heterocycles. The van der Waals surface area contributed by atoms with Crippen LogP contribution in [0.1, 0.15) is 5.56 Å². The third-order valence-corrected chi connectivity index (χ3v) is 4.54. The number of benzene rings is 1. The first kappa shape index (κ1) is 14.8. The maximum Gasteiger partial charge on any atom is 0.240 e. The van der Waals surface area contributed by atoms with Gasteiger partial charge in [-0.25, -0.2) is 13.1 Å². The maximum absolute atomic E-state index is 11.8. The van der Waals surface area contributed by atoms with Crippen molar-refractivity contribution in [2.45, 2.75) is 11.5 Å². The van der Waals surface area contributed by atoms with Gasteiger partial charge in [0.15, 0.2) is 0 Å². The summed E-state index contributed by atoms with van der Waals surface area (Å²) in [6.07, 6.45) is 1.90. The average Bonchev–Trinajstić information content (AvgIpc) is 2.29. The number of thioether (sulfide) groups is 1. The minimum atomic E-state index is -3.51. The van der Waals surface area contributed by atoms with Crippen molar-refractivity contribution in [3.63, 3.8) is 0 Å². The van der Waals surface area contributed by atoms with E-state index in [9.17, 15) is 8.42 Å². The molecule has 0 aliphatic heterocycles. The first-order chi connectivity index (χ1) is 8.01. The van der Waals surface area contributed by atoms with Crippen molar-refractivity contribution in [2.24, 2.45) is 0 Å². The van der Waals surface area contributed by atoms with E-state index in [2.05, 4.69) is 4.72 Å². The lowest BCUT2D eigenvalue weighted by Gasteiger charge is -2.08. The highest BCUT2D eigenvalue weighted by Crippen LogP contribution is 2.20. The van der Waals surface area contributed by atoms with E-state index in [1.807, 2.05) is 6.26 Å². The molecule has 0 saturated heterocycles. The molecule has 0 saturated carbocycles. The topological polar surface area (TPSA) is 66.4 Å². The van der Waals surface area contributed by atoms with Crippen LogP contribution < -0.4 is 4.72 Å². The predicted molar refractivity (Wildman–Crippen MR) is 70.9 cm³/mol. The summed E-state index contributed by atoms with van der Waals surface area (Å²) in [4.78, 5) is 0.118. The zero-order valence-corrected chi connectivity index (χ0v) is 11.7. The fraction of sp³-hybridized carbons (Fsp3) is 0.400. The standard InChI is InChI=1S/C10H14ClNO3S2/c1-16-5-4-12-17(14,15)9-2-3-10(11)8(6-9)7-13/h2-3,6,12-13H,4-5,7H2,1H3. The first-order valence-electron chi connectivity index (χ1n) is 4.89. The van der Waals surface area contributed by atoms with Crippen LogP contribution in [0.5, 0.6) is 0 Å². The molecule has 0 fully saturated rings. The van der Waals surface area contributed by atoms with E-state index in [1.54, 1.807) is 11.8 Å². The Hall–Kier alpha value is -0.270. The van der Waals surface area contributed by atoms with Crippen molar-refractivity contribution in [3.8, 4) is 0 Å². The molecule has 0 aliphatic carbocycles. The van der Waals surface area contributed by atoms with E-state index >= 15 is 0 Å². The summed E-state index contributed by atoms with van der Waals surface area (Å²) in [5.74, 6) is 0.708. The van der Waals surface area contributed by atoms with Crippen LogP contribution in [0.4, 0.5) is 0 Å². The summed E-state index contributed by atoms with van der Waals surface area (Å²) < 4.78 is 26.2. The number of nitrogens with one attached hydrogen (secondary N) is 1. The molecule has 0 unspecified atom stereocenters. The quantitative estimate of drug-likeness (QED) is 0.780. The Morgan fingerprint density at radius 3 is 2.76 bits per heavy atom. The number of sulfonamides is 1. The lowest BCUT2D eigenvalue weighted by atomic mass is 10.2.